The number of hydrogen-bond acceptors (Lipinski definition) is 2. The lowest BCUT2D eigenvalue weighted by molar-refractivity contribution is 0.490. The SMILES string of the molecule is CCCCP.CS(=O)(=O)O. The second kappa shape index (κ2) is 7.45. The van der Waals surface area contributed by atoms with Gasteiger partial charge in [0.15, 0.2) is 0 Å². The van der Waals surface area contributed by atoms with Crippen LogP contribution in [0.4, 0.5) is 0 Å². The van der Waals surface area contributed by atoms with Crippen LogP contribution >= 0.6 is 9.24 Å². The van der Waals surface area contributed by atoms with Crippen molar-refractivity contribution in [1.29, 1.82) is 0 Å². The average Bonchev–Trinajstić information content (AvgIpc) is 1.63. The molecule has 0 saturated carbocycles. The summed E-state index contributed by atoms with van der Waals surface area (Å²) in [4.78, 5) is 0. The zero-order chi connectivity index (χ0) is 8.62. The Balaban J connectivity index is 0. The fraction of sp³-hybridized carbons (Fsp3) is 1.00. The Kier molecular flexibility index (Phi) is 9.66. The van der Waals surface area contributed by atoms with Crippen LogP contribution in [0.2, 0.25) is 0 Å². The van der Waals surface area contributed by atoms with Crippen molar-refractivity contribution < 1.29 is 13.0 Å². The molecule has 1 atom stereocenters. The summed E-state index contributed by atoms with van der Waals surface area (Å²) < 4.78 is 25.9. The lowest BCUT2D eigenvalue weighted by atomic mass is 10.4. The zero-order valence-corrected chi connectivity index (χ0v) is 8.34. The zero-order valence-electron chi connectivity index (χ0n) is 6.37. The first-order valence-corrected chi connectivity index (χ1v) is 5.70. The first-order chi connectivity index (χ1) is 4.41. The van der Waals surface area contributed by atoms with Gasteiger partial charge in [-0.1, -0.05) is 19.8 Å². The molecule has 1 N–H and O–H groups in total. The second-order valence-electron chi connectivity index (χ2n) is 1.88. The van der Waals surface area contributed by atoms with Crippen LogP contribution in [0.5, 0.6) is 0 Å². The lowest BCUT2D eigenvalue weighted by Gasteiger charge is -1.79. The van der Waals surface area contributed by atoms with E-state index < -0.39 is 10.1 Å². The van der Waals surface area contributed by atoms with Crippen molar-refractivity contribution in [3.05, 3.63) is 0 Å². The van der Waals surface area contributed by atoms with Gasteiger partial charge in [0, 0.05) is 0 Å². The summed E-state index contributed by atoms with van der Waals surface area (Å²) in [5.74, 6) is 0. The average molecular weight is 186 g/mol. The minimum absolute atomic E-state index is 0.715. The van der Waals surface area contributed by atoms with Crippen LogP contribution in [0.25, 0.3) is 0 Å². The van der Waals surface area contributed by atoms with Crippen LogP contribution in [-0.2, 0) is 10.1 Å². The first-order valence-electron chi connectivity index (χ1n) is 3.04. The predicted molar refractivity (Wildman–Crippen MR) is 47.0 cm³/mol. The highest BCUT2D eigenvalue weighted by Crippen LogP contribution is 1.89. The van der Waals surface area contributed by atoms with E-state index >= 15 is 0 Å². The number of unbranched alkanes of at least 4 members (excludes halogenated alkanes) is 1. The molecule has 0 fully saturated rings. The molecule has 0 bridgehead atoms. The van der Waals surface area contributed by atoms with Gasteiger partial charge in [-0.15, -0.1) is 9.24 Å². The van der Waals surface area contributed by atoms with E-state index in [1.54, 1.807) is 0 Å². The van der Waals surface area contributed by atoms with E-state index in [9.17, 15) is 8.42 Å². The molecular formula is C5H15O3PS. The molecule has 0 amide bonds. The molecule has 0 aliphatic carbocycles. The quantitative estimate of drug-likeness (QED) is 0.520. The molecule has 0 heterocycles. The minimum Gasteiger partial charge on any atom is -0.286 e. The molecule has 0 aliphatic rings. The third-order valence-electron chi connectivity index (χ3n) is 0.558. The van der Waals surface area contributed by atoms with Crippen molar-refractivity contribution in [2.45, 2.75) is 19.8 Å². The maximum Gasteiger partial charge on any atom is 0.261 e. The van der Waals surface area contributed by atoms with E-state index in [0.717, 1.165) is 0 Å². The van der Waals surface area contributed by atoms with Gasteiger partial charge in [-0.05, 0) is 6.16 Å². The van der Waals surface area contributed by atoms with E-state index in [2.05, 4.69) is 16.2 Å². The Morgan fingerprint density at radius 1 is 1.50 bits per heavy atom. The summed E-state index contributed by atoms with van der Waals surface area (Å²) in [7, 11) is -0.967. The van der Waals surface area contributed by atoms with E-state index in [0.29, 0.717) is 6.26 Å². The third kappa shape index (κ3) is 82.1. The summed E-state index contributed by atoms with van der Waals surface area (Å²) >= 11 is 0. The van der Waals surface area contributed by atoms with Crippen molar-refractivity contribution in [3.63, 3.8) is 0 Å². The number of rotatable bonds is 2. The predicted octanol–water partition coefficient (Wildman–Crippen LogP) is 1.17. The Bertz CT molecular complexity index is 131. The molecule has 0 radical (unpaired) electrons. The molecule has 10 heavy (non-hydrogen) atoms. The van der Waals surface area contributed by atoms with E-state index in [1.165, 1.54) is 19.0 Å². The summed E-state index contributed by atoms with van der Waals surface area (Å²) in [5, 5.41) is 0. The van der Waals surface area contributed by atoms with Crippen LogP contribution in [0, 0.1) is 0 Å². The molecule has 0 saturated heterocycles. The summed E-state index contributed by atoms with van der Waals surface area (Å²) in [6, 6.07) is 0. The first kappa shape index (κ1) is 13.0. The molecule has 3 nitrogen and oxygen atoms in total. The maximum absolute atomic E-state index is 9.19. The molecule has 0 aliphatic heterocycles. The fourth-order valence-corrected chi connectivity index (χ4v) is 0.612. The molecule has 5 heteroatoms. The third-order valence-corrected chi connectivity index (χ3v) is 0.966. The molecule has 0 aromatic heterocycles. The fourth-order valence-electron chi connectivity index (χ4n) is 0.204. The molecule has 0 aromatic carbocycles. The van der Waals surface area contributed by atoms with Crippen molar-refractivity contribution in [3.8, 4) is 0 Å². The molecule has 1 unspecified atom stereocenters. The largest absolute Gasteiger partial charge is 0.286 e. The number of hydrogen-bond donors (Lipinski definition) is 1. The smallest absolute Gasteiger partial charge is 0.261 e. The van der Waals surface area contributed by atoms with E-state index in [-0.39, 0.29) is 0 Å². The van der Waals surface area contributed by atoms with E-state index in [1.807, 2.05) is 0 Å². The topological polar surface area (TPSA) is 54.4 Å². The van der Waals surface area contributed by atoms with Crippen LogP contribution < -0.4 is 0 Å². The molecule has 0 aromatic rings. The van der Waals surface area contributed by atoms with Gasteiger partial charge in [0.05, 0.1) is 6.26 Å². The van der Waals surface area contributed by atoms with Gasteiger partial charge >= 0.3 is 0 Å². The van der Waals surface area contributed by atoms with Crippen LogP contribution in [0.1, 0.15) is 19.8 Å². The van der Waals surface area contributed by atoms with Gasteiger partial charge in [0.25, 0.3) is 10.1 Å². The summed E-state index contributed by atoms with van der Waals surface area (Å²) in [5.41, 5.74) is 0. The van der Waals surface area contributed by atoms with E-state index in [4.69, 9.17) is 4.55 Å². The minimum atomic E-state index is -3.67. The maximum atomic E-state index is 9.19. The monoisotopic (exact) mass is 186 g/mol. The second-order valence-corrected chi connectivity index (χ2v) is 3.92. The molecule has 0 rings (SSSR count). The van der Waals surface area contributed by atoms with Gasteiger partial charge in [-0.25, -0.2) is 0 Å². The molecular weight excluding hydrogens is 171 g/mol. The standard InChI is InChI=1S/C4H11P.CH4O3S/c1-2-3-4-5;1-5(2,3)4/h2-5H2,1H3;1H3,(H,2,3,4). The van der Waals surface area contributed by atoms with Gasteiger partial charge in [0.1, 0.15) is 0 Å². The van der Waals surface area contributed by atoms with Crippen molar-refractivity contribution >= 4 is 19.4 Å². The summed E-state index contributed by atoms with van der Waals surface area (Å²) in [6.45, 7) is 2.20. The lowest BCUT2D eigenvalue weighted by Crippen LogP contribution is -1.88. The van der Waals surface area contributed by atoms with Crippen LogP contribution in [0.3, 0.4) is 0 Å². The Hall–Kier alpha value is 0.340. The highest BCUT2D eigenvalue weighted by atomic mass is 32.2. The molecule has 0 spiro atoms. The Morgan fingerprint density at radius 2 is 1.80 bits per heavy atom. The van der Waals surface area contributed by atoms with Crippen LogP contribution in [-0.4, -0.2) is 25.4 Å². The van der Waals surface area contributed by atoms with Gasteiger partial charge in [0.2, 0.25) is 0 Å². The van der Waals surface area contributed by atoms with Crippen LogP contribution in [0.15, 0.2) is 0 Å². The Labute approximate surface area is 65.2 Å². The van der Waals surface area contributed by atoms with Gasteiger partial charge in [-0.2, -0.15) is 8.42 Å². The molecule has 64 valence electrons. The normalized spacial score (nSPS) is 10.0. The highest BCUT2D eigenvalue weighted by molar-refractivity contribution is 7.85. The van der Waals surface area contributed by atoms with Crippen molar-refractivity contribution in [2.75, 3.05) is 12.4 Å². The van der Waals surface area contributed by atoms with Crippen molar-refractivity contribution in [2.24, 2.45) is 0 Å². The Morgan fingerprint density at radius 3 is 1.80 bits per heavy atom. The highest BCUT2D eigenvalue weighted by Gasteiger charge is 1.81. The van der Waals surface area contributed by atoms with Crippen molar-refractivity contribution in [1.82, 2.24) is 0 Å². The van der Waals surface area contributed by atoms with Gasteiger partial charge in [-0.3, -0.25) is 4.55 Å². The van der Waals surface area contributed by atoms with Gasteiger partial charge < -0.3 is 0 Å². The summed E-state index contributed by atoms with van der Waals surface area (Å²) in [6.07, 6.45) is 4.65.